The van der Waals surface area contributed by atoms with Crippen LogP contribution in [0.2, 0.25) is 0 Å². The Morgan fingerprint density at radius 2 is 1.93 bits per heavy atom. The first kappa shape index (κ1) is 19.3. The number of anilines is 1. The van der Waals surface area contributed by atoms with E-state index in [-0.39, 0.29) is 24.0 Å². The number of hydrogen-bond donors (Lipinski definition) is 1. The van der Waals surface area contributed by atoms with Crippen molar-refractivity contribution in [3.63, 3.8) is 0 Å². The van der Waals surface area contributed by atoms with Crippen molar-refractivity contribution in [2.75, 3.05) is 31.1 Å². The van der Waals surface area contributed by atoms with Crippen LogP contribution in [0.25, 0.3) is 22.2 Å². The van der Waals surface area contributed by atoms with Gasteiger partial charge in [0.2, 0.25) is 0 Å². The molecule has 6 nitrogen and oxygen atoms in total. The summed E-state index contributed by atoms with van der Waals surface area (Å²) in [5.74, 6) is 0.917. The highest BCUT2D eigenvalue weighted by molar-refractivity contribution is 5.85. The highest BCUT2D eigenvalue weighted by Gasteiger charge is 2.14. The Hall–Kier alpha value is -2.44. The Bertz CT molecular complexity index is 997. The number of benzene rings is 1. The van der Waals surface area contributed by atoms with Gasteiger partial charge in [-0.05, 0) is 24.3 Å². The van der Waals surface area contributed by atoms with Gasteiger partial charge in [0.05, 0.1) is 11.3 Å². The lowest BCUT2D eigenvalue weighted by molar-refractivity contribution is 0.561. The van der Waals surface area contributed by atoms with Crippen molar-refractivity contribution in [1.29, 1.82) is 0 Å². The van der Waals surface area contributed by atoms with E-state index in [0.29, 0.717) is 16.8 Å². The van der Waals surface area contributed by atoms with Gasteiger partial charge in [-0.3, -0.25) is 0 Å². The molecule has 0 saturated carbocycles. The standard InChI is InChI=1S/C20H22N4O2.ClH/c1-13(2)19-22-6-5-17(23-19)16-11-14-3-4-15(12-18(14)26-20(16)25)24-9-7-21-8-10-24;/h3-6,11-13,21H,7-10H2,1-2H3;1H. The van der Waals surface area contributed by atoms with Gasteiger partial charge >= 0.3 is 5.63 Å². The average Bonchev–Trinajstić information content (AvgIpc) is 2.67. The molecular formula is C20H23ClN4O2. The zero-order chi connectivity index (χ0) is 18.1. The molecule has 1 aromatic carbocycles. The lowest BCUT2D eigenvalue weighted by Crippen LogP contribution is -2.43. The summed E-state index contributed by atoms with van der Waals surface area (Å²) in [6.45, 7) is 7.89. The predicted octanol–water partition coefficient (Wildman–Crippen LogP) is 3.20. The molecule has 0 radical (unpaired) electrons. The molecule has 0 amide bonds. The number of fused-ring (bicyclic) bond motifs is 1. The minimum Gasteiger partial charge on any atom is -0.422 e. The van der Waals surface area contributed by atoms with Gasteiger partial charge in [-0.1, -0.05) is 13.8 Å². The van der Waals surface area contributed by atoms with E-state index in [2.05, 4.69) is 26.3 Å². The summed E-state index contributed by atoms with van der Waals surface area (Å²) in [5, 5.41) is 4.23. The van der Waals surface area contributed by atoms with Crippen LogP contribution in [0, 0.1) is 0 Å². The lowest BCUT2D eigenvalue weighted by atomic mass is 10.1. The van der Waals surface area contributed by atoms with Crippen molar-refractivity contribution in [2.24, 2.45) is 0 Å². The van der Waals surface area contributed by atoms with E-state index in [0.717, 1.165) is 43.1 Å². The van der Waals surface area contributed by atoms with Crippen LogP contribution in [-0.2, 0) is 0 Å². The largest absolute Gasteiger partial charge is 0.422 e. The lowest BCUT2D eigenvalue weighted by Gasteiger charge is -2.29. The van der Waals surface area contributed by atoms with Gasteiger partial charge < -0.3 is 14.6 Å². The number of hydrogen-bond acceptors (Lipinski definition) is 6. The third-order valence-electron chi connectivity index (χ3n) is 4.67. The fraction of sp³-hybridized carbons (Fsp3) is 0.350. The van der Waals surface area contributed by atoms with E-state index in [1.165, 1.54) is 0 Å². The van der Waals surface area contributed by atoms with Gasteiger partial charge in [0, 0.05) is 55.4 Å². The molecule has 4 rings (SSSR count). The molecule has 0 unspecified atom stereocenters. The van der Waals surface area contributed by atoms with Gasteiger partial charge in [0.15, 0.2) is 0 Å². The number of halogens is 1. The summed E-state index contributed by atoms with van der Waals surface area (Å²) in [5.41, 5.74) is 2.39. The normalized spacial score (nSPS) is 14.4. The third kappa shape index (κ3) is 3.96. The Morgan fingerprint density at radius 1 is 1.15 bits per heavy atom. The van der Waals surface area contributed by atoms with Crippen molar-refractivity contribution in [3.05, 3.63) is 52.8 Å². The fourth-order valence-electron chi connectivity index (χ4n) is 3.20. The molecule has 1 aliphatic rings. The maximum atomic E-state index is 12.6. The number of piperazine rings is 1. The Balaban J connectivity index is 0.00000210. The van der Waals surface area contributed by atoms with Crippen molar-refractivity contribution < 1.29 is 4.42 Å². The van der Waals surface area contributed by atoms with Crippen LogP contribution in [0.15, 0.2) is 45.7 Å². The van der Waals surface area contributed by atoms with Crippen LogP contribution in [0.5, 0.6) is 0 Å². The smallest absolute Gasteiger partial charge is 0.345 e. The van der Waals surface area contributed by atoms with E-state index < -0.39 is 0 Å². The molecule has 1 aliphatic heterocycles. The van der Waals surface area contributed by atoms with E-state index >= 15 is 0 Å². The van der Waals surface area contributed by atoms with Crippen molar-refractivity contribution in [1.82, 2.24) is 15.3 Å². The quantitative estimate of drug-likeness (QED) is 0.697. The van der Waals surface area contributed by atoms with Crippen LogP contribution in [-0.4, -0.2) is 36.1 Å². The molecule has 0 atom stereocenters. The van der Waals surface area contributed by atoms with Gasteiger partial charge in [0.25, 0.3) is 0 Å². The Kier molecular flexibility index (Phi) is 5.77. The summed E-state index contributed by atoms with van der Waals surface area (Å²) in [6, 6.07) is 9.64. The zero-order valence-corrected chi connectivity index (χ0v) is 16.3. The van der Waals surface area contributed by atoms with E-state index in [9.17, 15) is 4.79 Å². The summed E-state index contributed by atoms with van der Waals surface area (Å²) in [4.78, 5) is 23.6. The van der Waals surface area contributed by atoms with E-state index in [4.69, 9.17) is 4.42 Å². The van der Waals surface area contributed by atoms with Crippen molar-refractivity contribution >= 4 is 29.1 Å². The SMILES string of the molecule is CC(C)c1nccc(-c2cc3ccc(N4CCNCC4)cc3oc2=O)n1.Cl. The van der Waals surface area contributed by atoms with Gasteiger partial charge in [-0.15, -0.1) is 12.4 Å². The van der Waals surface area contributed by atoms with Crippen LogP contribution < -0.4 is 15.8 Å². The van der Waals surface area contributed by atoms with Crippen LogP contribution in [0.4, 0.5) is 5.69 Å². The van der Waals surface area contributed by atoms with Crippen LogP contribution in [0.1, 0.15) is 25.6 Å². The van der Waals surface area contributed by atoms with E-state index in [1.54, 1.807) is 12.3 Å². The first-order valence-electron chi connectivity index (χ1n) is 8.99. The minimum absolute atomic E-state index is 0. The highest BCUT2D eigenvalue weighted by atomic mass is 35.5. The van der Waals surface area contributed by atoms with Crippen molar-refractivity contribution in [3.8, 4) is 11.3 Å². The van der Waals surface area contributed by atoms with Crippen LogP contribution in [0.3, 0.4) is 0 Å². The third-order valence-corrected chi connectivity index (χ3v) is 4.67. The summed E-state index contributed by atoms with van der Waals surface area (Å²) >= 11 is 0. The topological polar surface area (TPSA) is 71.3 Å². The highest BCUT2D eigenvalue weighted by Crippen LogP contribution is 2.25. The number of aromatic nitrogens is 2. The minimum atomic E-state index is -0.372. The zero-order valence-electron chi connectivity index (χ0n) is 15.4. The molecule has 0 spiro atoms. The van der Waals surface area contributed by atoms with Crippen molar-refractivity contribution in [2.45, 2.75) is 19.8 Å². The molecule has 1 fully saturated rings. The van der Waals surface area contributed by atoms with E-state index in [1.807, 2.05) is 32.0 Å². The molecule has 142 valence electrons. The Morgan fingerprint density at radius 3 is 2.67 bits per heavy atom. The molecule has 3 aromatic rings. The maximum Gasteiger partial charge on any atom is 0.345 e. The molecule has 1 N–H and O–H groups in total. The predicted molar refractivity (Wildman–Crippen MR) is 110 cm³/mol. The second-order valence-corrected chi connectivity index (χ2v) is 6.86. The molecular weight excluding hydrogens is 364 g/mol. The average molecular weight is 387 g/mol. The first-order valence-corrected chi connectivity index (χ1v) is 8.99. The molecule has 27 heavy (non-hydrogen) atoms. The van der Waals surface area contributed by atoms with Gasteiger partial charge in [-0.2, -0.15) is 0 Å². The molecule has 2 aromatic heterocycles. The number of nitrogens with one attached hydrogen (secondary N) is 1. The monoisotopic (exact) mass is 386 g/mol. The fourth-order valence-corrected chi connectivity index (χ4v) is 3.20. The summed E-state index contributed by atoms with van der Waals surface area (Å²) < 4.78 is 5.62. The molecule has 7 heteroatoms. The van der Waals surface area contributed by atoms with Crippen LogP contribution >= 0.6 is 12.4 Å². The first-order chi connectivity index (χ1) is 12.6. The maximum absolute atomic E-state index is 12.6. The molecule has 0 aliphatic carbocycles. The van der Waals surface area contributed by atoms with Gasteiger partial charge in [0.1, 0.15) is 11.4 Å². The molecule has 3 heterocycles. The number of rotatable bonds is 3. The second-order valence-electron chi connectivity index (χ2n) is 6.86. The second kappa shape index (κ2) is 8.06. The summed E-state index contributed by atoms with van der Waals surface area (Å²) in [6.07, 6.45) is 1.69. The van der Waals surface area contributed by atoms with Gasteiger partial charge in [-0.25, -0.2) is 14.8 Å². The summed E-state index contributed by atoms with van der Waals surface area (Å²) in [7, 11) is 0. The number of nitrogens with zero attached hydrogens (tertiary/aromatic N) is 3. The molecule has 1 saturated heterocycles. The molecule has 0 bridgehead atoms. The Labute approximate surface area is 164 Å².